The number of nitrogens with one attached hydrogen (secondary N) is 1. The molecule has 1 aliphatic heterocycles. The summed E-state index contributed by atoms with van der Waals surface area (Å²) in [7, 11) is 0. The number of nitrogens with zero attached hydrogens (tertiary/aromatic N) is 4. The van der Waals surface area contributed by atoms with Gasteiger partial charge < -0.3 is 15.3 Å². The lowest BCUT2D eigenvalue weighted by Gasteiger charge is -2.46. The summed E-state index contributed by atoms with van der Waals surface area (Å²) in [5, 5.41) is 19.3. The molecule has 0 aromatic carbocycles. The first-order valence-corrected chi connectivity index (χ1v) is 7.25. The molecule has 0 bridgehead atoms. The molecule has 8 heteroatoms. The second-order valence-electron chi connectivity index (χ2n) is 5.87. The first-order valence-electron chi connectivity index (χ1n) is 7.25. The normalized spacial score (nSPS) is 20.5. The number of hydrogen-bond acceptors (Lipinski definition) is 4. The maximum absolute atomic E-state index is 12.2. The molecule has 1 aliphatic carbocycles. The average Bonchev–Trinajstić information content (AvgIpc) is 2.81. The van der Waals surface area contributed by atoms with E-state index in [1.54, 1.807) is 4.90 Å². The molecule has 114 valence electrons. The number of carboxylic acids is 1. The number of urea groups is 1. The first kappa shape index (κ1) is 13.8. The Morgan fingerprint density at radius 1 is 1.48 bits per heavy atom. The smallest absolute Gasteiger partial charge is 0.358 e. The minimum absolute atomic E-state index is 0.00803. The molecule has 2 amide bonds. The molecule has 2 heterocycles. The van der Waals surface area contributed by atoms with Crippen LogP contribution in [-0.2, 0) is 0 Å². The highest BCUT2D eigenvalue weighted by molar-refractivity contribution is 5.84. The topological polar surface area (TPSA) is 100 Å². The molecule has 0 spiro atoms. The fourth-order valence-corrected chi connectivity index (χ4v) is 2.82. The molecule has 3 rings (SSSR count). The lowest BCUT2D eigenvalue weighted by Crippen LogP contribution is -2.61. The SMILES string of the molecule is CCC1(NC(=O)N2CC(n3cc(C(=O)O)nn3)C2)CCC1. The highest BCUT2D eigenvalue weighted by atomic mass is 16.4. The van der Waals surface area contributed by atoms with E-state index in [0.29, 0.717) is 13.1 Å². The van der Waals surface area contributed by atoms with Gasteiger partial charge in [0.2, 0.25) is 0 Å². The van der Waals surface area contributed by atoms with E-state index >= 15 is 0 Å². The van der Waals surface area contributed by atoms with Gasteiger partial charge in [-0.05, 0) is 25.7 Å². The van der Waals surface area contributed by atoms with Crippen LogP contribution in [-0.4, -0.2) is 55.6 Å². The van der Waals surface area contributed by atoms with Crippen molar-refractivity contribution in [1.29, 1.82) is 0 Å². The Balaban J connectivity index is 1.53. The van der Waals surface area contributed by atoms with Crippen molar-refractivity contribution < 1.29 is 14.7 Å². The van der Waals surface area contributed by atoms with Crippen LogP contribution in [0.15, 0.2) is 6.20 Å². The number of aromatic carboxylic acids is 1. The van der Waals surface area contributed by atoms with Gasteiger partial charge in [-0.2, -0.15) is 0 Å². The van der Waals surface area contributed by atoms with E-state index in [1.165, 1.54) is 17.3 Å². The number of rotatable bonds is 4. The fraction of sp³-hybridized carbons (Fsp3) is 0.692. The monoisotopic (exact) mass is 293 g/mol. The zero-order valence-electron chi connectivity index (χ0n) is 11.9. The minimum atomic E-state index is -1.09. The Morgan fingerprint density at radius 3 is 2.67 bits per heavy atom. The van der Waals surface area contributed by atoms with Crippen LogP contribution in [0.5, 0.6) is 0 Å². The zero-order valence-corrected chi connectivity index (χ0v) is 11.9. The predicted molar refractivity (Wildman–Crippen MR) is 73.0 cm³/mol. The van der Waals surface area contributed by atoms with Crippen molar-refractivity contribution in [2.45, 2.75) is 44.2 Å². The van der Waals surface area contributed by atoms with Crippen molar-refractivity contribution in [2.24, 2.45) is 0 Å². The second-order valence-corrected chi connectivity index (χ2v) is 5.87. The molecule has 2 fully saturated rings. The van der Waals surface area contributed by atoms with Crippen LogP contribution < -0.4 is 5.32 Å². The minimum Gasteiger partial charge on any atom is -0.476 e. The summed E-state index contributed by atoms with van der Waals surface area (Å²) >= 11 is 0. The highest BCUT2D eigenvalue weighted by Gasteiger charge is 2.40. The van der Waals surface area contributed by atoms with Gasteiger partial charge >= 0.3 is 12.0 Å². The zero-order chi connectivity index (χ0) is 15.0. The third-order valence-corrected chi connectivity index (χ3v) is 4.61. The molecule has 0 unspecified atom stereocenters. The van der Waals surface area contributed by atoms with Gasteiger partial charge in [0, 0.05) is 18.6 Å². The largest absolute Gasteiger partial charge is 0.476 e. The molecule has 2 N–H and O–H groups in total. The standard InChI is InChI=1S/C13H19N5O3/c1-2-13(4-3-5-13)14-12(21)17-6-9(7-17)18-8-10(11(19)20)15-16-18/h8-9H,2-7H2,1H3,(H,14,21)(H,19,20). The van der Waals surface area contributed by atoms with Gasteiger partial charge in [0.15, 0.2) is 5.69 Å². The van der Waals surface area contributed by atoms with E-state index in [4.69, 9.17) is 5.11 Å². The quantitative estimate of drug-likeness (QED) is 0.858. The van der Waals surface area contributed by atoms with Crippen molar-refractivity contribution in [2.75, 3.05) is 13.1 Å². The molecule has 2 aliphatic rings. The lowest BCUT2D eigenvalue weighted by molar-refractivity contribution is 0.0689. The van der Waals surface area contributed by atoms with Crippen LogP contribution >= 0.6 is 0 Å². The third-order valence-electron chi connectivity index (χ3n) is 4.61. The molecule has 1 saturated carbocycles. The molecular weight excluding hydrogens is 274 g/mol. The molecule has 1 aromatic rings. The van der Waals surface area contributed by atoms with E-state index in [-0.39, 0.29) is 23.3 Å². The molecule has 0 radical (unpaired) electrons. The molecule has 21 heavy (non-hydrogen) atoms. The number of carboxylic acid groups (broad SMARTS) is 1. The predicted octanol–water partition coefficient (Wildman–Crippen LogP) is 0.875. The average molecular weight is 293 g/mol. The van der Waals surface area contributed by atoms with Gasteiger partial charge in [-0.1, -0.05) is 12.1 Å². The Labute approximate surface area is 122 Å². The van der Waals surface area contributed by atoms with E-state index in [2.05, 4.69) is 22.6 Å². The number of aromatic nitrogens is 3. The van der Waals surface area contributed by atoms with Crippen LogP contribution in [0.25, 0.3) is 0 Å². The first-order chi connectivity index (χ1) is 10.0. The maximum atomic E-state index is 12.2. The number of hydrogen-bond donors (Lipinski definition) is 2. The Hall–Kier alpha value is -2.12. The van der Waals surface area contributed by atoms with Crippen molar-refractivity contribution >= 4 is 12.0 Å². The summed E-state index contributed by atoms with van der Waals surface area (Å²) in [4.78, 5) is 24.6. The van der Waals surface area contributed by atoms with Crippen LogP contribution in [0.4, 0.5) is 4.79 Å². The van der Waals surface area contributed by atoms with Gasteiger partial charge in [0.1, 0.15) is 0 Å². The van der Waals surface area contributed by atoms with Gasteiger partial charge in [-0.15, -0.1) is 5.10 Å². The van der Waals surface area contributed by atoms with E-state index in [1.807, 2.05) is 0 Å². The summed E-state index contributed by atoms with van der Waals surface area (Å²) in [6.45, 7) is 3.17. The van der Waals surface area contributed by atoms with Gasteiger partial charge in [0.05, 0.1) is 12.2 Å². The van der Waals surface area contributed by atoms with Crippen LogP contribution in [0, 0.1) is 0 Å². The molecular formula is C13H19N5O3. The molecule has 1 saturated heterocycles. The van der Waals surface area contributed by atoms with Crippen molar-refractivity contribution in [3.8, 4) is 0 Å². The number of likely N-dealkylation sites (tertiary alicyclic amines) is 1. The van der Waals surface area contributed by atoms with Crippen LogP contribution in [0.3, 0.4) is 0 Å². The molecule has 1 aromatic heterocycles. The van der Waals surface area contributed by atoms with Crippen LogP contribution in [0.2, 0.25) is 0 Å². The second kappa shape index (κ2) is 5.01. The van der Waals surface area contributed by atoms with Gasteiger partial charge in [-0.3, -0.25) is 0 Å². The number of amides is 2. The Kier molecular flexibility index (Phi) is 3.30. The maximum Gasteiger partial charge on any atom is 0.358 e. The Bertz CT molecular complexity index is 554. The molecule has 8 nitrogen and oxygen atoms in total. The highest BCUT2D eigenvalue weighted by Crippen LogP contribution is 2.35. The summed E-state index contributed by atoms with van der Waals surface area (Å²) in [5.74, 6) is -1.09. The molecule has 0 atom stereocenters. The van der Waals surface area contributed by atoms with Gasteiger partial charge in [0.25, 0.3) is 0 Å². The van der Waals surface area contributed by atoms with Crippen molar-refractivity contribution in [3.05, 3.63) is 11.9 Å². The lowest BCUT2D eigenvalue weighted by atomic mass is 9.75. The summed E-state index contributed by atoms with van der Waals surface area (Å²) < 4.78 is 1.52. The summed E-state index contributed by atoms with van der Waals surface area (Å²) in [6.07, 6.45) is 5.64. The van der Waals surface area contributed by atoms with Crippen molar-refractivity contribution in [3.63, 3.8) is 0 Å². The van der Waals surface area contributed by atoms with E-state index < -0.39 is 5.97 Å². The third kappa shape index (κ3) is 2.45. The van der Waals surface area contributed by atoms with Crippen LogP contribution in [0.1, 0.15) is 49.1 Å². The Morgan fingerprint density at radius 2 is 2.19 bits per heavy atom. The summed E-state index contributed by atoms with van der Waals surface area (Å²) in [6, 6.07) is -0.0262. The van der Waals surface area contributed by atoms with Gasteiger partial charge in [-0.25, -0.2) is 14.3 Å². The van der Waals surface area contributed by atoms with Crippen molar-refractivity contribution in [1.82, 2.24) is 25.2 Å². The number of carbonyl (C=O) groups excluding carboxylic acids is 1. The number of carbonyl (C=O) groups is 2. The van der Waals surface area contributed by atoms with E-state index in [9.17, 15) is 9.59 Å². The van der Waals surface area contributed by atoms with E-state index in [0.717, 1.165) is 19.3 Å². The fourth-order valence-electron chi connectivity index (χ4n) is 2.82. The summed E-state index contributed by atoms with van der Waals surface area (Å²) in [5.41, 5.74) is -0.0800.